The lowest BCUT2D eigenvalue weighted by molar-refractivity contribution is -0.116. The third-order valence-electron chi connectivity index (χ3n) is 5.56. The van der Waals surface area contributed by atoms with E-state index in [0.29, 0.717) is 44.0 Å². The Hall–Kier alpha value is -1.85. The number of carbonyl (C=O) groups is 1. The van der Waals surface area contributed by atoms with Crippen LogP contribution in [0.2, 0.25) is 0 Å². The molecule has 1 aromatic heterocycles. The van der Waals surface area contributed by atoms with Crippen LogP contribution in [0.3, 0.4) is 0 Å². The van der Waals surface area contributed by atoms with Crippen LogP contribution in [0, 0.1) is 0 Å². The normalized spacial score (nSPS) is 20.1. The Morgan fingerprint density at radius 3 is 2.81 bits per heavy atom. The number of hydrogen-bond acceptors (Lipinski definition) is 7. The van der Waals surface area contributed by atoms with Crippen molar-refractivity contribution in [3.05, 3.63) is 42.4 Å². The van der Waals surface area contributed by atoms with Crippen LogP contribution in [-0.2, 0) is 26.1 Å². The fourth-order valence-corrected chi connectivity index (χ4v) is 6.42. The molecular weight excluding hydrogens is 450 g/mol. The lowest BCUT2D eigenvalue weighted by Gasteiger charge is -2.28. The van der Waals surface area contributed by atoms with E-state index in [1.807, 2.05) is 6.92 Å². The van der Waals surface area contributed by atoms with Gasteiger partial charge in [0.15, 0.2) is 0 Å². The highest BCUT2D eigenvalue weighted by Gasteiger charge is 2.28. The zero-order valence-electron chi connectivity index (χ0n) is 18.2. The van der Waals surface area contributed by atoms with Gasteiger partial charge in [-0.25, -0.2) is 8.42 Å². The van der Waals surface area contributed by atoms with Crippen molar-refractivity contribution in [2.45, 2.75) is 41.4 Å². The molecule has 32 heavy (non-hydrogen) atoms. The molecule has 0 aliphatic carbocycles. The van der Waals surface area contributed by atoms with Gasteiger partial charge in [0, 0.05) is 36.2 Å². The molecule has 174 valence electrons. The zero-order valence-corrected chi connectivity index (χ0v) is 19.8. The van der Waals surface area contributed by atoms with Gasteiger partial charge in [0.2, 0.25) is 15.9 Å². The number of anilines is 1. The van der Waals surface area contributed by atoms with E-state index in [2.05, 4.69) is 10.2 Å². The maximum Gasteiger partial charge on any atom is 0.243 e. The third-order valence-corrected chi connectivity index (χ3v) is 8.58. The van der Waals surface area contributed by atoms with E-state index in [0.717, 1.165) is 24.5 Å². The lowest BCUT2D eigenvalue weighted by atomic mass is 10.3. The van der Waals surface area contributed by atoms with Crippen molar-refractivity contribution < 1.29 is 22.4 Å². The number of hydrogen-bond donors (Lipinski definition) is 1. The van der Waals surface area contributed by atoms with Crippen LogP contribution in [0.1, 0.15) is 25.5 Å². The molecule has 0 bridgehead atoms. The highest BCUT2D eigenvalue weighted by molar-refractivity contribution is 8.00. The van der Waals surface area contributed by atoms with E-state index in [1.54, 1.807) is 48.4 Å². The second-order valence-corrected chi connectivity index (χ2v) is 11.5. The van der Waals surface area contributed by atoms with Crippen molar-refractivity contribution in [1.82, 2.24) is 9.21 Å². The number of nitrogens with one attached hydrogen (secondary N) is 1. The topological polar surface area (TPSA) is 92.1 Å². The van der Waals surface area contributed by atoms with Crippen molar-refractivity contribution in [1.29, 1.82) is 0 Å². The fourth-order valence-electron chi connectivity index (χ4n) is 3.90. The summed E-state index contributed by atoms with van der Waals surface area (Å²) >= 11 is 1.58. The number of morpholine rings is 1. The molecule has 4 rings (SSSR count). The first-order chi connectivity index (χ1) is 15.4. The lowest BCUT2D eigenvalue weighted by Crippen LogP contribution is -2.39. The molecule has 0 saturated carbocycles. The van der Waals surface area contributed by atoms with Crippen molar-refractivity contribution >= 4 is 33.4 Å². The van der Waals surface area contributed by atoms with Gasteiger partial charge in [0.05, 0.1) is 36.6 Å². The molecule has 8 nitrogen and oxygen atoms in total. The van der Waals surface area contributed by atoms with Crippen LogP contribution in [0.5, 0.6) is 0 Å². The number of thioether (sulfide) groups is 1. The second kappa shape index (κ2) is 10.4. The predicted molar refractivity (Wildman–Crippen MR) is 123 cm³/mol. The summed E-state index contributed by atoms with van der Waals surface area (Å²) in [6, 6.07) is 8.52. The van der Waals surface area contributed by atoms with Gasteiger partial charge in [-0.1, -0.05) is 6.92 Å². The summed E-state index contributed by atoms with van der Waals surface area (Å²) in [6.45, 7) is 6.49. The van der Waals surface area contributed by atoms with Gasteiger partial charge in [-0.05, 0) is 43.3 Å². The van der Waals surface area contributed by atoms with Crippen LogP contribution >= 0.6 is 11.8 Å². The molecule has 1 N–H and O–H groups in total. The fraction of sp³-hybridized carbons (Fsp3) is 0.500. The van der Waals surface area contributed by atoms with Crippen molar-refractivity contribution in [2.24, 2.45) is 0 Å². The van der Waals surface area contributed by atoms with Crippen molar-refractivity contribution in [2.75, 3.05) is 44.7 Å². The molecule has 0 unspecified atom stereocenters. The number of amides is 1. The molecule has 2 aliphatic heterocycles. The number of nitrogens with zero attached hydrogens (tertiary/aromatic N) is 2. The Kier molecular flexibility index (Phi) is 7.57. The maximum atomic E-state index is 13.6. The highest BCUT2D eigenvalue weighted by Crippen LogP contribution is 2.36. The van der Waals surface area contributed by atoms with Crippen LogP contribution in [0.25, 0.3) is 0 Å². The summed E-state index contributed by atoms with van der Waals surface area (Å²) in [7, 11) is -3.79. The maximum absolute atomic E-state index is 13.6. The Labute approximate surface area is 193 Å². The molecule has 2 aliphatic rings. The molecule has 1 saturated heterocycles. The number of rotatable bonds is 8. The quantitative estimate of drug-likeness (QED) is 0.622. The summed E-state index contributed by atoms with van der Waals surface area (Å²) in [5, 5.41) is 2.99. The van der Waals surface area contributed by atoms with Gasteiger partial charge in [0.25, 0.3) is 0 Å². The molecule has 1 fully saturated rings. The van der Waals surface area contributed by atoms with E-state index in [-0.39, 0.29) is 22.6 Å². The first-order valence-corrected chi connectivity index (χ1v) is 13.2. The standard InChI is InChI=1S/C22H29N3O5S2/c1-17-14-22(26)23-20-15-19(5-6-21(20)31-17)32(27,28)25(16-18-4-2-11-30-18)8-3-7-24-9-12-29-13-10-24/h2,4-6,11,15,17H,3,7-10,12-14,16H2,1H3,(H,23,26)/t17-/m1/s1. The Morgan fingerprint density at radius 1 is 1.25 bits per heavy atom. The van der Waals surface area contributed by atoms with Gasteiger partial charge in [-0.3, -0.25) is 9.69 Å². The Morgan fingerprint density at radius 2 is 2.06 bits per heavy atom. The average molecular weight is 480 g/mol. The van der Waals surface area contributed by atoms with Gasteiger partial charge in [0.1, 0.15) is 5.76 Å². The first-order valence-electron chi connectivity index (χ1n) is 10.8. The summed E-state index contributed by atoms with van der Waals surface area (Å²) in [4.78, 5) is 15.5. The van der Waals surface area contributed by atoms with Gasteiger partial charge in [-0.2, -0.15) is 4.31 Å². The van der Waals surface area contributed by atoms with Crippen LogP contribution in [0.15, 0.2) is 50.8 Å². The molecule has 0 radical (unpaired) electrons. The molecule has 10 heteroatoms. The van der Waals surface area contributed by atoms with Crippen LogP contribution in [-0.4, -0.2) is 68.2 Å². The molecule has 0 spiro atoms. The number of sulfonamides is 1. The van der Waals surface area contributed by atoms with Crippen molar-refractivity contribution in [3.63, 3.8) is 0 Å². The number of furan rings is 1. The van der Waals surface area contributed by atoms with E-state index in [9.17, 15) is 13.2 Å². The molecule has 3 heterocycles. The van der Waals surface area contributed by atoms with Crippen molar-refractivity contribution in [3.8, 4) is 0 Å². The van der Waals surface area contributed by atoms with Gasteiger partial charge in [-0.15, -0.1) is 11.8 Å². The molecule has 2 aromatic rings. The smallest absolute Gasteiger partial charge is 0.243 e. The monoisotopic (exact) mass is 479 g/mol. The largest absolute Gasteiger partial charge is 0.468 e. The number of benzene rings is 1. The number of fused-ring (bicyclic) bond motifs is 1. The number of ether oxygens (including phenoxy) is 1. The van der Waals surface area contributed by atoms with E-state index in [1.165, 1.54) is 4.31 Å². The summed E-state index contributed by atoms with van der Waals surface area (Å²) in [5.41, 5.74) is 0.552. The minimum absolute atomic E-state index is 0.101. The van der Waals surface area contributed by atoms with Crippen LogP contribution in [0.4, 0.5) is 5.69 Å². The SMILES string of the molecule is C[C@@H]1CC(=O)Nc2cc(S(=O)(=O)N(CCCN3CCOCC3)Cc3ccco3)ccc2S1. The molecule has 1 aromatic carbocycles. The number of carbonyl (C=O) groups excluding carboxylic acids is 1. The molecule has 1 atom stereocenters. The van der Waals surface area contributed by atoms with Crippen LogP contribution < -0.4 is 5.32 Å². The van der Waals surface area contributed by atoms with E-state index in [4.69, 9.17) is 9.15 Å². The molecular formula is C22H29N3O5S2. The summed E-state index contributed by atoms with van der Waals surface area (Å²) in [5.74, 6) is 0.489. The summed E-state index contributed by atoms with van der Waals surface area (Å²) in [6.07, 6.45) is 2.65. The average Bonchev–Trinajstić information content (AvgIpc) is 3.22. The van der Waals surface area contributed by atoms with E-state index < -0.39 is 10.0 Å². The minimum Gasteiger partial charge on any atom is -0.468 e. The third kappa shape index (κ3) is 5.74. The predicted octanol–water partition coefficient (Wildman–Crippen LogP) is 3.02. The van der Waals surface area contributed by atoms with E-state index >= 15 is 0 Å². The summed E-state index contributed by atoms with van der Waals surface area (Å²) < 4.78 is 39.5. The van der Waals surface area contributed by atoms with Gasteiger partial charge >= 0.3 is 0 Å². The first kappa shape index (κ1) is 23.3. The highest BCUT2D eigenvalue weighted by atomic mass is 32.2. The van der Waals surface area contributed by atoms with Gasteiger partial charge < -0.3 is 14.5 Å². The minimum atomic E-state index is -3.79. The zero-order chi connectivity index (χ0) is 22.6. The molecule has 1 amide bonds. The Balaban J connectivity index is 1.54. The Bertz CT molecular complexity index is 1020. The second-order valence-electron chi connectivity index (χ2n) is 8.06.